The molecule has 0 rings (SSSR count). The van der Waals surface area contributed by atoms with Crippen molar-refractivity contribution in [2.75, 3.05) is 0 Å². The molecule has 0 aliphatic rings. The molecule has 6 heavy (non-hydrogen) atoms. The molecule has 0 unspecified atom stereocenters. The maximum absolute atomic E-state index is 5.32. The molecule has 0 amide bonds. The Hall–Kier alpha value is 1.03. The predicted molar refractivity (Wildman–Crippen MR) is 31.0 cm³/mol. The standard InChI is InChI=1S/C4H7Cl.Na/c1-3-4(2)5;/h3H,1-2H3;. The van der Waals surface area contributed by atoms with E-state index in [9.17, 15) is 0 Å². The summed E-state index contributed by atoms with van der Waals surface area (Å²) in [4.78, 5) is 0. The molecule has 0 fully saturated rings. The summed E-state index contributed by atoms with van der Waals surface area (Å²) in [5.41, 5.74) is 0. The number of halogens is 1. The molecule has 0 spiro atoms. The van der Waals surface area contributed by atoms with Crippen molar-refractivity contribution in [1.29, 1.82) is 0 Å². The van der Waals surface area contributed by atoms with Crippen molar-refractivity contribution in [1.82, 2.24) is 0 Å². The molecule has 0 aliphatic heterocycles. The molecule has 0 saturated carbocycles. The van der Waals surface area contributed by atoms with E-state index in [1.54, 1.807) is 0 Å². The van der Waals surface area contributed by atoms with E-state index in [2.05, 4.69) is 0 Å². The van der Waals surface area contributed by atoms with Crippen molar-refractivity contribution in [3.05, 3.63) is 11.1 Å². The Balaban J connectivity index is 0. The number of rotatable bonds is 0. The van der Waals surface area contributed by atoms with Gasteiger partial charge in [0.25, 0.3) is 0 Å². The molecular weight excluding hydrogens is 106 g/mol. The molecule has 0 aromatic heterocycles. The van der Waals surface area contributed by atoms with Crippen LogP contribution in [0.25, 0.3) is 0 Å². The van der Waals surface area contributed by atoms with Crippen LogP contribution in [0.1, 0.15) is 13.8 Å². The van der Waals surface area contributed by atoms with Crippen LogP contribution in [0.2, 0.25) is 0 Å². The first kappa shape index (κ1) is 10.1. The van der Waals surface area contributed by atoms with E-state index in [1.807, 2.05) is 19.9 Å². The first-order chi connectivity index (χ1) is 2.27. The fraction of sp³-hybridized carbons (Fsp3) is 0.500. The molecule has 0 aromatic rings. The minimum absolute atomic E-state index is 0. The van der Waals surface area contributed by atoms with Gasteiger partial charge in [-0.2, -0.15) is 0 Å². The van der Waals surface area contributed by atoms with E-state index in [4.69, 9.17) is 11.6 Å². The van der Waals surface area contributed by atoms with E-state index < -0.39 is 0 Å². The Morgan fingerprint density at radius 2 is 1.83 bits per heavy atom. The molecule has 0 aromatic carbocycles. The Bertz CT molecular complexity index is 45.5. The van der Waals surface area contributed by atoms with Gasteiger partial charge >= 0.3 is 0 Å². The van der Waals surface area contributed by atoms with E-state index in [0.29, 0.717) is 0 Å². The maximum Gasteiger partial charge on any atom is 0.0107 e. The number of allylic oxidation sites excluding steroid dienone is 2. The third-order valence-electron chi connectivity index (χ3n) is 0.398. The zero-order chi connectivity index (χ0) is 4.28. The zero-order valence-electron chi connectivity index (χ0n) is 4.46. The molecule has 1 radical (unpaired) electrons. The topological polar surface area (TPSA) is 0 Å². The van der Waals surface area contributed by atoms with Gasteiger partial charge in [0, 0.05) is 34.6 Å². The van der Waals surface area contributed by atoms with Crippen LogP contribution in [-0.4, -0.2) is 29.6 Å². The van der Waals surface area contributed by atoms with Gasteiger partial charge in [-0.15, -0.1) is 0 Å². The largest absolute Gasteiger partial charge is 0.0898 e. The molecule has 0 heterocycles. The Morgan fingerprint density at radius 3 is 1.83 bits per heavy atom. The molecule has 0 atom stereocenters. The van der Waals surface area contributed by atoms with Gasteiger partial charge in [-0.3, -0.25) is 0 Å². The summed E-state index contributed by atoms with van der Waals surface area (Å²) in [5, 5.41) is 0.852. The van der Waals surface area contributed by atoms with Crippen LogP contribution in [0, 0.1) is 0 Å². The molecular formula is C4H7ClNa. The van der Waals surface area contributed by atoms with Crippen molar-refractivity contribution in [2.24, 2.45) is 0 Å². The summed E-state index contributed by atoms with van der Waals surface area (Å²) in [5.74, 6) is 0. The minimum Gasteiger partial charge on any atom is -0.0898 e. The molecule has 0 bridgehead atoms. The van der Waals surface area contributed by atoms with Gasteiger partial charge in [-0.05, 0) is 13.8 Å². The van der Waals surface area contributed by atoms with Crippen LogP contribution >= 0.6 is 11.6 Å². The van der Waals surface area contributed by atoms with Gasteiger partial charge in [-0.1, -0.05) is 17.7 Å². The fourth-order valence-corrected chi connectivity index (χ4v) is 0. The zero-order valence-corrected chi connectivity index (χ0v) is 7.21. The second-order valence-corrected chi connectivity index (χ2v) is 1.47. The SMILES string of the molecule is CC=C(C)Cl.[Na]. The van der Waals surface area contributed by atoms with Gasteiger partial charge in [0.15, 0.2) is 0 Å². The van der Waals surface area contributed by atoms with Gasteiger partial charge in [-0.25, -0.2) is 0 Å². The van der Waals surface area contributed by atoms with Gasteiger partial charge in [0.2, 0.25) is 0 Å². The average molecular weight is 114 g/mol. The first-order valence-corrected chi connectivity index (χ1v) is 1.93. The number of hydrogen-bond acceptors (Lipinski definition) is 0. The third-order valence-corrected chi connectivity index (χ3v) is 0.616. The Morgan fingerprint density at radius 1 is 1.67 bits per heavy atom. The quantitative estimate of drug-likeness (QED) is 0.420. The molecule has 0 N–H and O–H groups in total. The molecule has 2 heteroatoms. The summed E-state index contributed by atoms with van der Waals surface area (Å²) in [6.07, 6.45) is 1.85. The second-order valence-electron chi connectivity index (χ2n) is 0.875. The van der Waals surface area contributed by atoms with E-state index in [-0.39, 0.29) is 29.6 Å². The predicted octanol–water partition coefficient (Wildman–Crippen LogP) is 1.77. The van der Waals surface area contributed by atoms with Gasteiger partial charge in [0.1, 0.15) is 0 Å². The molecule has 31 valence electrons. The van der Waals surface area contributed by atoms with Crippen LogP contribution < -0.4 is 0 Å². The second kappa shape index (κ2) is 6.03. The summed E-state index contributed by atoms with van der Waals surface area (Å²) < 4.78 is 0. The molecule has 0 saturated heterocycles. The van der Waals surface area contributed by atoms with Crippen LogP contribution in [0.5, 0.6) is 0 Å². The normalized spacial score (nSPS) is 10.2. The van der Waals surface area contributed by atoms with E-state index in [0.717, 1.165) is 5.03 Å². The summed E-state index contributed by atoms with van der Waals surface area (Å²) in [6.45, 7) is 3.75. The van der Waals surface area contributed by atoms with E-state index in [1.165, 1.54) is 0 Å². The van der Waals surface area contributed by atoms with Crippen molar-refractivity contribution in [2.45, 2.75) is 13.8 Å². The maximum atomic E-state index is 5.32. The van der Waals surface area contributed by atoms with Crippen LogP contribution in [0.4, 0.5) is 0 Å². The van der Waals surface area contributed by atoms with Crippen LogP contribution in [-0.2, 0) is 0 Å². The van der Waals surface area contributed by atoms with Crippen molar-refractivity contribution in [3.8, 4) is 0 Å². The van der Waals surface area contributed by atoms with E-state index >= 15 is 0 Å². The average Bonchev–Trinajstić information content (AvgIpc) is 1.38. The summed E-state index contributed by atoms with van der Waals surface area (Å²) >= 11 is 5.32. The van der Waals surface area contributed by atoms with Gasteiger partial charge in [0.05, 0.1) is 0 Å². The van der Waals surface area contributed by atoms with Crippen molar-refractivity contribution in [3.63, 3.8) is 0 Å². The number of hydrogen-bond donors (Lipinski definition) is 0. The van der Waals surface area contributed by atoms with Gasteiger partial charge < -0.3 is 0 Å². The third kappa shape index (κ3) is 8.90. The van der Waals surface area contributed by atoms with Crippen LogP contribution in [0.15, 0.2) is 11.1 Å². The first-order valence-electron chi connectivity index (χ1n) is 1.56. The Kier molecular flexibility index (Phi) is 10.2. The smallest absolute Gasteiger partial charge is 0.0107 e. The van der Waals surface area contributed by atoms with Crippen LogP contribution in [0.3, 0.4) is 0 Å². The fourth-order valence-electron chi connectivity index (χ4n) is 0. The molecule has 0 nitrogen and oxygen atoms in total. The van der Waals surface area contributed by atoms with Crippen molar-refractivity contribution >= 4 is 41.2 Å². The minimum atomic E-state index is 0. The monoisotopic (exact) mass is 113 g/mol. The molecule has 0 aliphatic carbocycles. The summed E-state index contributed by atoms with van der Waals surface area (Å²) in [6, 6.07) is 0. The van der Waals surface area contributed by atoms with Crippen molar-refractivity contribution < 1.29 is 0 Å². The Labute approximate surface area is 65.9 Å². The summed E-state index contributed by atoms with van der Waals surface area (Å²) in [7, 11) is 0.